The number of carbonyl (C=O) groups excluding carboxylic acids is 1. The Morgan fingerprint density at radius 3 is 2.32 bits per heavy atom. The third-order valence-electron chi connectivity index (χ3n) is 3.91. The molecule has 0 saturated heterocycles. The van der Waals surface area contributed by atoms with E-state index in [0.29, 0.717) is 5.92 Å². The molecule has 0 spiro atoms. The first-order valence-corrected chi connectivity index (χ1v) is 7.20. The molecule has 5 nitrogen and oxygen atoms in total. The van der Waals surface area contributed by atoms with Crippen LogP contribution in [0.5, 0.6) is 0 Å². The van der Waals surface area contributed by atoms with Gasteiger partial charge in [-0.25, -0.2) is 4.79 Å². The van der Waals surface area contributed by atoms with Crippen molar-refractivity contribution in [1.82, 2.24) is 10.2 Å². The third kappa shape index (κ3) is 5.09. The second kappa shape index (κ2) is 7.36. The predicted octanol–water partition coefficient (Wildman–Crippen LogP) is 2.46. The number of urea groups is 1. The molecule has 1 rings (SSSR count). The van der Waals surface area contributed by atoms with Gasteiger partial charge >= 0.3 is 12.0 Å². The van der Waals surface area contributed by atoms with E-state index in [4.69, 9.17) is 5.11 Å². The van der Waals surface area contributed by atoms with E-state index in [1.807, 2.05) is 20.8 Å². The number of hydrogen-bond acceptors (Lipinski definition) is 2. The number of rotatable bonds is 6. The number of carboxylic acid groups (broad SMARTS) is 1. The van der Waals surface area contributed by atoms with Crippen LogP contribution in [-0.4, -0.2) is 40.6 Å². The fraction of sp³-hybridized carbons (Fsp3) is 0.857. The first-order chi connectivity index (χ1) is 8.91. The van der Waals surface area contributed by atoms with Gasteiger partial charge in [0.1, 0.15) is 0 Å². The maximum absolute atomic E-state index is 12.2. The molecule has 0 aromatic carbocycles. The summed E-state index contributed by atoms with van der Waals surface area (Å²) < 4.78 is 0. The van der Waals surface area contributed by atoms with Gasteiger partial charge in [0.05, 0.1) is 6.42 Å². The Hall–Kier alpha value is -1.26. The average molecular weight is 270 g/mol. The van der Waals surface area contributed by atoms with E-state index < -0.39 is 5.97 Å². The van der Waals surface area contributed by atoms with E-state index in [2.05, 4.69) is 5.32 Å². The Bertz CT molecular complexity index is 312. The average Bonchev–Trinajstić information content (AvgIpc) is 2.81. The first-order valence-electron chi connectivity index (χ1n) is 7.20. The van der Waals surface area contributed by atoms with Gasteiger partial charge in [0.2, 0.25) is 0 Å². The molecule has 1 atom stereocenters. The van der Waals surface area contributed by atoms with Gasteiger partial charge in [0.25, 0.3) is 0 Å². The molecule has 0 aromatic rings. The maximum atomic E-state index is 12.2. The van der Waals surface area contributed by atoms with Crippen molar-refractivity contribution in [3.63, 3.8) is 0 Å². The first kappa shape index (κ1) is 15.8. The van der Waals surface area contributed by atoms with Crippen molar-refractivity contribution in [1.29, 1.82) is 0 Å². The SMILES string of the molecule is CC(NC(=O)N(CCC(=O)O)C(C)C)C1CCCC1. The highest BCUT2D eigenvalue weighted by Gasteiger charge is 2.25. The molecule has 1 aliphatic rings. The number of amides is 2. The van der Waals surface area contributed by atoms with Crippen LogP contribution in [0.3, 0.4) is 0 Å². The number of nitrogens with one attached hydrogen (secondary N) is 1. The molecule has 5 heteroatoms. The molecule has 0 radical (unpaired) electrons. The highest BCUT2D eigenvalue weighted by atomic mass is 16.4. The van der Waals surface area contributed by atoms with Crippen LogP contribution in [0.25, 0.3) is 0 Å². The Balaban J connectivity index is 2.48. The number of carbonyl (C=O) groups is 2. The van der Waals surface area contributed by atoms with Crippen molar-refractivity contribution in [2.45, 2.75) is 65.0 Å². The summed E-state index contributed by atoms with van der Waals surface area (Å²) in [6.45, 7) is 6.11. The van der Waals surface area contributed by atoms with Crippen LogP contribution >= 0.6 is 0 Å². The topological polar surface area (TPSA) is 69.6 Å². The molecule has 2 amide bonds. The van der Waals surface area contributed by atoms with Crippen molar-refractivity contribution in [2.24, 2.45) is 5.92 Å². The van der Waals surface area contributed by atoms with E-state index in [1.54, 1.807) is 4.90 Å². The molecule has 0 aromatic heterocycles. The van der Waals surface area contributed by atoms with Crippen LogP contribution in [0.1, 0.15) is 52.9 Å². The highest BCUT2D eigenvalue weighted by Crippen LogP contribution is 2.27. The zero-order valence-corrected chi connectivity index (χ0v) is 12.2. The summed E-state index contributed by atoms with van der Waals surface area (Å²) in [6, 6.07) is 0.0341. The van der Waals surface area contributed by atoms with Crippen LogP contribution in [0.4, 0.5) is 4.79 Å². The van der Waals surface area contributed by atoms with Crippen LogP contribution in [0.2, 0.25) is 0 Å². The molecule has 0 bridgehead atoms. The molecule has 1 saturated carbocycles. The number of nitrogens with zero attached hydrogens (tertiary/aromatic N) is 1. The van der Waals surface area contributed by atoms with E-state index in [-0.39, 0.29) is 31.1 Å². The summed E-state index contributed by atoms with van der Waals surface area (Å²) >= 11 is 0. The Morgan fingerprint density at radius 2 is 1.84 bits per heavy atom. The van der Waals surface area contributed by atoms with Gasteiger partial charge in [0, 0.05) is 18.6 Å². The molecular formula is C14H26N2O3. The van der Waals surface area contributed by atoms with E-state index in [0.717, 1.165) is 0 Å². The van der Waals surface area contributed by atoms with Gasteiger partial charge in [0.15, 0.2) is 0 Å². The number of carboxylic acids is 1. The predicted molar refractivity (Wildman–Crippen MR) is 74.0 cm³/mol. The Morgan fingerprint density at radius 1 is 1.26 bits per heavy atom. The third-order valence-corrected chi connectivity index (χ3v) is 3.91. The molecule has 1 fully saturated rings. The van der Waals surface area contributed by atoms with Crippen LogP contribution in [0.15, 0.2) is 0 Å². The summed E-state index contributed by atoms with van der Waals surface area (Å²) in [5, 5.41) is 11.7. The second-order valence-electron chi connectivity index (χ2n) is 5.71. The molecular weight excluding hydrogens is 244 g/mol. The van der Waals surface area contributed by atoms with Crippen LogP contribution < -0.4 is 5.32 Å². The van der Waals surface area contributed by atoms with Crippen molar-refractivity contribution >= 4 is 12.0 Å². The summed E-state index contributed by atoms with van der Waals surface area (Å²) in [5.74, 6) is -0.306. The minimum Gasteiger partial charge on any atom is -0.481 e. The van der Waals surface area contributed by atoms with Gasteiger partial charge in [-0.05, 0) is 39.5 Å². The summed E-state index contributed by atoms with van der Waals surface area (Å²) in [5.41, 5.74) is 0. The Labute approximate surface area is 115 Å². The monoisotopic (exact) mass is 270 g/mol. The van der Waals surface area contributed by atoms with E-state index >= 15 is 0 Å². The quantitative estimate of drug-likeness (QED) is 0.779. The van der Waals surface area contributed by atoms with E-state index in [9.17, 15) is 9.59 Å². The summed E-state index contributed by atoms with van der Waals surface area (Å²) in [7, 11) is 0. The molecule has 110 valence electrons. The summed E-state index contributed by atoms with van der Waals surface area (Å²) in [4.78, 5) is 24.4. The highest BCUT2D eigenvalue weighted by molar-refractivity contribution is 5.75. The number of hydrogen-bond donors (Lipinski definition) is 2. The second-order valence-corrected chi connectivity index (χ2v) is 5.71. The lowest BCUT2D eigenvalue weighted by Gasteiger charge is -2.29. The molecule has 0 aliphatic heterocycles. The van der Waals surface area contributed by atoms with Crippen molar-refractivity contribution < 1.29 is 14.7 Å². The lowest BCUT2D eigenvalue weighted by atomic mass is 10.00. The fourth-order valence-electron chi connectivity index (χ4n) is 2.66. The smallest absolute Gasteiger partial charge is 0.317 e. The minimum absolute atomic E-state index is 0.00938. The molecule has 19 heavy (non-hydrogen) atoms. The molecule has 0 heterocycles. The van der Waals surface area contributed by atoms with Gasteiger partial charge < -0.3 is 15.3 Å². The Kier molecular flexibility index (Phi) is 6.12. The van der Waals surface area contributed by atoms with Crippen molar-refractivity contribution in [3.05, 3.63) is 0 Å². The lowest BCUT2D eigenvalue weighted by molar-refractivity contribution is -0.137. The normalized spacial score (nSPS) is 17.5. The largest absolute Gasteiger partial charge is 0.481 e. The number of aliphatic carboxylic acids is 1. The van der Waals surface area contributed by atoms with E-state index in [1.165, 1.54) is 25.7 Å². The molecule has 2 N–H and O–H groups in total. The molecule has 1 aliphatic carbocycles. The maximum Gasteiger partial charge on any atom is 0.317 e. The van der Waals surface area contributed by atoms with Crippen LogP contribution in [0, 0.1) is 5.92 Å². The van der Waals surface area contributed by atoms with Gasteiger partial charge in [-0.1, -0.05) is 12.8 Å². The van der Waals surface area contributed by atoms with Crippen LogP contribution in [-0.2, 0) is 4.79 Å². The lowest BCUT2D eigenvalue weighted by Crippen LogP contribution is -2.49. The zero-order valence-electron chi connectivity index (χ0n) is 12.2. The fourth-order valence-corrected chi connectivity index (χ4v) is 2.66. The van der Waals surface area contributed by atoms with Gasteiger partial charge in [-0.2, -0.15) is 0 Å². The standard InChI is InChI=1S/C14H26N2O3/c1-10(2)16(9-8-13(17)18)14(19)15-11(3)12-6-4-5-7-12/h10-12H,4-9H2,1-3H3,(H,15,19)(H,17,18). The minimum atomic E-state index is -0.873. The van der Waals surface area contributed by atoms with Crippen molar-refractivity contribution in [3.8, 4) is 0 Å². The van der Waals surface area contributed by atoms with Crippen molar-refractivity contribution in [2.75, 3.05) is 6.54 Å². The van der Waals surface area contributed by atoms with Gasteiger partial charge in [-0.3, -0.25) is 4.79 Å². The summed E-state index contributed by atoms with van der Waals surface area (Å²) in [6.07, 6.45) is 4.84. The van der Waals surface area contributed by atoms with Gasteiger partial charge in [-0.15, -0.1) is 0 Å². The zero-order chi connectivity index (χ0) is 14.4. The molecule has 1 unspecified atom stereocenters.